The van der Waals surface area contributed by atoms with Crippen molar-refractivity contribution in [2.45, 2.75) is 71.3 Å². The van der Waals surface area contributed by atoms with Crippen molar-refractivity contribution in [2.24, 2.45) is 5.73 Å². The Hall–Kier alpha value is -2.60. The van der Waals surface area contributed by atoms with Crippen LogP contribution in [0.4, 0.5) is 0 Å². The smallest absolute Gasteiger partial charge is 0.291 e. The van der Waals surface area contributed by atoms with Gasteiger partial charge in [-0.15, -0.1) is 4.73 Å². The van der Waals surface area contributed by atoms with E-state index in [-0.39, 0.29) is 11.2 Å². The molecule has 1 amide bonds. The highest BCUT2D eigenvalue weighted by atomic mass is 16.5. The lowest BCUT2D eigenvalue weighted by Crippen LogP contribution is -2.43. The number of aromatic nitrogens is 1. The maximum Gasteiger partial charge on any atom is 0.291 e. The molecule has 30 heavy (non-hydrogen) atoms. The predicted molar refractivity (Wildman–Crippen MR) is 122 cm³/mol. The Bertz CT molecular complexity index is 949. The number of allylic oxidation sites excluding steroid dienone is 2. The molecule has 0 aliphatic carbocycles. The number of carbonyl (C=O) groups excluding carboxylic acids is 1. The van der Waals surface area contributed by atoms with Crippen molar-refractivity contribution in [2.75, 3.05) is 6.54 Å². The van der Waals surface area contributed by atoms with Crippen molar-refractivity contribution in [3.8, 4) is 0 Å². The van der Waals surface area contributed by atoms with E-state index in [1.54, 1.807) is 12.1 Å². The number of aryl methyl sites for hydroxylation is 1. The Balaban J connectivity index is 2.15. The average Bonchev–Trinajstić information content (AvgIpc) is 2.74. The Morgan fingerprint density at radius 1 is 1.27 bits per heavy atom. The molecule has 1 aromatic carbocycles. The van der Waals surface area contributed by atoms with E-state index >= 15 is 0 Å². The number of fused-ring (bicyclic) bond motifs is 1. The number of rotatable bonds is 11. The normalized spacial score (nSPS) is 13.6. The van der Waals surface area contributed by atoms with Crippen molar-refractivity contribution in [1.82, 2.24) is 10.0 Å². The van der Waals surface area contributed by atoms with Crippen LogP contribution in [-0.4, -0.2) is 27.9 Å². The van der Waals surface area contributed by atoms with Gasteiger partial charge in [-0.05, 0) is 68.5 Å². The maximum atomic E-state index is 12.6. The number of nitrogens with one attached hydrogen (secondary N) is 1. The summed E-state index contributed by atoms with van der Waals surface area (Å²) in [5.41, 5.74) is 6.44. The van der Waals surface area contributed by atoms with Crippen LogP contribution in [0.3, 0.4) is 0 Å². The van der Waals surface area contributed by atoms with Gasteiger partial charge in [0, 0.05) is 12.1 Å². The quantitative estimate of drug-likeness (QED) is 0.293. The van der Waals surface area contributed by atoms with E-state index in [4.69, 9.17) is 5.73 Å². The Morgan fingerprint density at radius 2 is 2.03 bits per heavy atom. The van der Waals surface area contributed by atoms with Crippen LogP contribution in [0, 0.1) is 0 Å². The van der Waals surface area contributed by atoms with E-state index in [0.29, 0.717) is 28.5 Å². The molecule has 0 bridgehead atoms. The van der Waals surface area contributed by atoms with E-state index < -0.39 is 11.5 Å². The molecular weight excluding hydrogens is 378 g/mol. The van der Waals surface area contributed by atoms with Gasteiger partial charge in [-0.2, -0.15) is 0 Å². The summed E-state index contributed by atoms with van der Waals surface area (Å²) in [5.74, 6) is -0.484. The zero-order valence-corrected chi connectivity index (χ0v) is 18.4. The topological polar surface area (TPSA) is 97.3 Å². The first-order chi connectivity index (χ1) is 14.3. The molecule has 164 valence electrons. The number of pyridine rings is 1. The van der Waals surface area contributed by atoms with Crippen LogP contribution >= 0.6 is 0 Å². The van der Waals surface area contributed by atoms with Gasteiger partial charge < -0.3 is 16.3 Å². The lowest BCUT2D eigenvalue weighted by atomic mass is 9.88. The lowest BCUT2D eigenvalue weighted by Gasteiger charge is -2.27. The molecule has 1 atom stereocenters. The van der Waals surface area contributed by atoms with Crippen LogP contribution in [0.5, 0.6) is 0 Å². The highest BCUT2D eigenvalue weighted by Gasteiger charge is 2.22. The van der Waals surface area contributed by atoms with Crippen LogP contribution < -0.4 is 16.6 Å². The Labute approximate surface area is 178 Å². The third kappa shape index (κ3) is 5.95. The predicted octanol–water partition coefficient (Wildman–Crippen LogP) is 4.17. The summed E-state index contributed by atoms with van der Waals surface area (Å²) in [6.07, 6.45) is 10.3. The highest BCUT2D eigenvalue weighted by Crippen LogP contribution is 2.18. The minimum Gasteiger partial charge on any atom is -0.425 e. The van der Waals surface area contributed by atoms with E-state index in [1.807, 2.05) is 32.1 Å². The SMILES string of the molecule is C/C=C\CCCc1ccc2cc(C(=O)NCCC(N)(CC)CCC)n(O)c(=O)c2c1. The summed E-state index contributed by atoms with van der Waals surface area (Å²) < 4.78 is 0.447. The highest BCUT2D eigenvalue weighted by molar-refractivity contribution is 5.96. The molecular formula is C24H35N3O3. The molecule has 0 aliphatic rings. The van der Waals surface area contributed by atoms with Crippen molar-refractivity contribution in [1.29, 1.82) is 0 Å². The standard InChI is InChI=1S/C24H35N3O3/c1-4-7-8-9-10-18-11-12-19-17-21(27(30)23(29)20(19)16-18)22(28)26-15-14-24(25,6-3)13-5-2/h4,7,11-12,16-17,30H,5-6,8-10,13-15,25H2,1-3H3,(H,26,28)/b7-4-. The van der Waals surface area contributed by atoms with Gasteiger partial charge in [-0.25, -0.2) is 0 Å². The van der Waals surface area contributed by atoms with Crippen molar-refractivity contribution in [3.63, 3.8) is 0 Å². The summed E-state index contributed by atoms with van der Waals surface area (Å²) in [5, 5.41) is 14.1. The average molecular weight is 414 g/mol. The fourth-order valence-electron chi connectivity index (χ4n) is 3.75. The van der Waals surface area contributed by atoms with E-state index in [9.17, 15) is 14.8 Å². The summed E-state index contributed by atoms with van der Waals surface area (Å²) in [7, 11) is 0. The minimum absolute atomic E-state index is 0.0667. The number of nitrogens with two attached hydrogens (primary N) is 1. The largest absolute Gasteiger partial charge is 0.425 e. The molecule has 0 saturated carbocycles. The van der Waals surface area contributed by atoms with Gasteiger partial charge in [0.1, 0.15) is 5.69 Å². The molecule has 2 aromatic rings. The van der Waals surface area contributed by atoms with E-state index in [1.165, 1.54) is 0 Å². The molecule has 0 aliphatic heterocycles. The molecule has 0 radical (unpaired) electrons. The molecule has 6 heteroatoms. The Morgan fingerprint density at radius 3 is 2.70 bits per heavy atom. The van der Waals surface area contributed by atoms with Gasteiger partial charge in [-0.1, -0.05) is 44.6 Å². The summed E-state index contributed by atoms with van der Waals surface area (Å²) in [4.78, 5) is 25.2. The van der Waals surface area contributed by atoms with Crippen molar-refractivity contribution < 1.29 is 10.0 Å². The number of benzene rings is 1. The first-order valence-electron chi connectivity index (χ1n) is 10.9. The molecule has 6 nitrogen and oxygen atoms in total. The summed E-state index contributed by atoms with van der Waals surface area (Å²) in [6.45, 7) is 6.51. The van der Waals surface area contributed by atoms with Crippen molar-refractivity contribution >= 4 is 16.7 Å². The number of carbonyl (C=O) groups is 1. The van der Waals surface area contributed by atoms with E-state index in [2.05, 4.69) is 18.3 Å². The number of hydrogen-bond acceptors (Lipinski definition) is 4. The lowest BCUT2D eigenvalue weighted by molar-refractivity contribution is 0.0890. The third-order valence-corrected chi connectivity index (χ3v) is 5.73. The molecule has 1 aromatic heterocycles. The van der Waals surface area contributed by atoms with Crippen LogP contribution in [0.1, 0.15) is 75.3 Å². The first-order valence-corrected chi connectivity index (χ1v) is 10.9. The molecule has 1 unspecified atom stereocenters. The maximum absolute atomic E-state index is 12.6. The number of hydrogen-bond donors (Lipinski definition) is 3. The Kier molecular flexibility index (Phi) is 8.66. The molecule has 2 rings (SSSR count). The van der Waals surface area contributed by atoms with Gasteiger partial charge in [0.2, 0.25) is 0 Å². The van der Waals surface area contributed by atoms with Gasteiger partial charge in [0.15, 0.2) is 0 Å². The van der Waals surface area contributed by atoms with Crippen LogP contribution in [0.25, 0.3) is 10.8 Å². The number of unbranched alkanes of at least 4 members (excludes halogenated alkanes) is 1. The fraction of sp³-hybridized carbons (Fsp3) is 0.500. The molecule has 0 fully saturated rings. The van der Waals surface area contributed by atoms with Gasteiger partial charge in [0.05, 0.1) is 5.39 Å². The van der Waals surface area contributed by atoms with Crippen LogP contribution in [0.15, 0.2) is 41.2 Å². The van der Waals surface area contributed by atoms with Crippen molar-refractivity contribution in [3.05, 3.63) is 58.0 Å². The number of nitrogens with zero attached hydrogens (tertiary/aromatic N) is 1. The van der Waals surface area contributed by atoms with E-state index in [0.717, 1.165) is 44.1 Å². The zero-order chi connectivity index (χ0) is 22.1. The van der Waals surface area contributed by atoms with Gasteiger partial charge >= 0.3 is 0 Å². The van der Waals surface area contributed by atoms with Crippen LogP contribution in [0.2, 0.25) is 0 Å². The van der Waals surface area contributed by atoms with Crippen LogP contribution in [-0.2, 0) is 6.42 Å². The monoisotopic (exact) mass is 413 g/mol. The summed E-state index contributed by atoms with van der Waals surface area (Å²) in [6, 6.07) is 7.16. The van der Waals surface area contributed by atoms with Gasteiger partial charge in [0.25, 0.3) is 11.5 Å². The molecule has 1 heterocycles. The molecule has 4 N–H and O–H groups in total. The third-order valence-electron chi connectivity index (χ3n) is 5.73. The second-order valence-corrected chi connectivity index (χ2v) is 8.00. The second kappa shape index (κ2) is 11.0. The fourth-order valence-corrected chi connectivity index (χ4v) is 3.75. The summed E-state index contributed by atoms with van der Waals surface area (Å²) >= 11 is 0. The zero-order valence-electron chi connectivity index (χ0n) is 18.4. The molecule has 0 spiro atoms. The molecule has 0 saturated heterocycles. The second-order valence-electron chi connectivity index (χ2n) is 8.00. The van der Waals surface area contributed by atoms with Gasteiger partial charge in [-0.3, -0.25) is 9.59 Å². The first kappa shape index (κ1) is 23.7. The minimum atomic E-state index is -0.583. The number of amides is 1.